The number of nitrogens with zero attached hydrogens (tertiary/aromatic N) is 1. The molecule has 0 fully saturated rings. The highest BCUT2D eigenvalue weighted by atomic mass is 16.5. The predicted molar refractivity (Wildman–Crippen MR) is 68.1 cm³/mol. The number of nitrogens with two attached hydrogens (primary N) is 1. The van der Waals surface area contributed by atoms with Crippen molar-refractivity contribution in [3.63, 3.8) is 0 Å². The molecule has 2 N–H and O–H groups in total. The Labute approximate surface area is 99.3 Å². The van der Waals surface area contributed by atoms with E-state index in [0.29, 0.717) is 0 Å². The second-order valence-electron chi connectivity index (χ2n) is 3.83. The zero-order valence-corrected chi connectivity index (χ0v) is 9.81. The van der Waals surface area contributed by atoms with Crippen LogP contribution < -0.4 is 16.0 Å². The second-order valence-corrected chi connectivity index (χ2v) is 3.83. The van der Waals surface area contributed by atoms with Gasteiger partial charge in [0, 0.05) is 18.8 Å². The van der Waals surface area contributed by atoms with Gasteiger partial charge in [-0.25, -0.2) is 0 Å². The number of hydrogen-bond donors (Lipinski definition) is 1. The van der Waals surface area contributed by atoms with Crippen LogP contribution >= 0.6 is 0 Å². The predicted octanol–water partition coefficient (Wildman–Crippen LogP) is 1.64. The van der Waals surface area contributed by atoms with Crippen LogP contribution in [-0.2, 0) is 7.05 Å². The van der Waals surface area contributed by atoms with Gasteiger partial charge >= 0.3 is 0 Å². The maximum atomic E-state index is 11.5. The number of benzene rings is 1. The van der Waals surface area contributed by atoms with Crippen LogP contribution in [0, 0.1) is 0 Å². The van der Waals surface area contributed by atoms with Crippen LogP contribution in [0.25, 0.3) is 11.1 Å². The molecule has 0 saturated carbocycles. The van der Waals surface area contributed by atoms with Crippen LogP contribution in [0.4, 0.5) is 5.69 Å². The molecule has 4 nitrogen and oxygen atoms in total. The Balaban J connectivity index is 2.56. The molecule has 2 rings (SSSR count). The minimum absolute atomic E-state index is 0.184. The summed E-state index contributed by atoms with van der Waals surface area (Å²) in [5, 5.41) is 0. The van der Waals surface area contributed by atoms with E-state index in [1.165, 1.54) is 4.57 Å². The molecule has 1 heterocycles. The number of aryl methyl sites for hydroxylation is 1. The molecule has 0 bridgehead atoms. The lowest BCUT2D eigenvalue weighted by atomic mass is 10.1. The summed E-state index contributed by atoms with van der Waals surface area (Å²) >= 11 is 0. The number of hydrogen-bond acceptors (Lipinski definition) is 3. The molecule has 0 amide bonds. The summed E-state index contributed by atoms with van der Waals surface area (Å²) in [7, 11) is 3.30. The van der Waals surface area contributed by atoms with Crippen LogP contribution in [0.1, 0.15) is 0 Å². The fourth-order valence-corrected chi connectivity index (χ4v) is 1.70. The first-order chi connectivity index (χ1) is 8.11. The van der Waals surface area contributed by atoms with E-state index in [0.717, 1.165) is 16.9 Å². The van der Waals surface area contributed by atoms with Crippen molar-refractivity contribution >= 4 is 5.69 Å². The van der Waals surface area contributed by atoms with Gasteiger partial charge in [-0.2, -0.15) is 0 Å². The fraction of sp³-hybridized carbons (Fsp3) is 0.154. The number of rotatable bonds is 2. The Bertz CT molecular complexity index is 576. The maximum absolute atomic E-state index is 11.5. The standard InChI is InChI=1S/C13H14N2O2/c1-15-8-10(7-12(14)13(15)16)9-4-3-5-11(6-9)17-2/h3-8H,14H2,1-2H3. The van der Waals surface area contributed by atoms with Gasteiger partial charge in [0.1, 0.15) is 5.75 Å². The van der Waals surface area contributed by atoms with E-state index in [4.69, 9.17) is 10.5 Å². The maximum Gasteiger partial charge on any atom is 0.273 e. The van der Waals surface area contributed by atoms with Crippen molar-refractivity contribution in [3.05, 3.63) is 46.9 Å². The highest BCUT2D eigenvalue weighted by molar-refractivity contribution is 5.67. The number of pyridine rings is 1. The number of nitrogen functional groups attached to an aromatic ring is 1. The van der Waals surface area contributed by atoms with Crippen LogP contribution in [0.3, 0.4) is 0 Å². The molecule has 1 aromatic carbocycles. The van der Waals surface area contributed by atoms with E-state index >= 15 is 0 Å². The number of methoxy groups -OCH3 is 1. The SMILES string of the molecule is COc1cccc(-c2cc(N)c(=O)n(C)c2)c1. The molecule has 0 aliphatic rings. The zero-order chi connectivity index (χ0) is 12.4. The van der Waals surface area contributed by atoms with E-state index in [1.54, 1.807) is 26.4 Å². The van der Waals surface area contributed by atoms with Crippen molar-refractivity contribution < 1.29 is 4.74 Å². The first-order valence-electron chi connectivity index (χ1n) is 5.22. The van der Waals surface area contributed by atoms with Gasteiger partial charge in [0.15, 0.2) is 0 Å². The Hall–Kier alpha value is -2.23. The molecule has 0 unspecified atom stereocenters. The van der Waals surface area contributed by atoms with Crippen LogP contribution in [0.5, 0.6) is 5.75 Å². The van der Waals surface area contributed by atoms with Gasteiger partial charge in [-0.1, -0.05) is 12.1 Å². The summed E-state index contributed by atoms with van der Waals surface area (Å²) in [6.07, 6.45) is 1.76. The summed E-state index contributed by atoms with van der Waals surface area (Å²) in [5.41, 5.74) is 7.58. The van der Waals surface area contributed by atoms with Gasteiger partial charge in [0.2, 0.25) is 0 Å². The third kappa shape index (κ3) is 2.15. The van der Waals surface area contributed by atoms with Gasteiger partial charge in [-0.05, 0) is 23.8 Å². The highest BCUT2D eigenvalue weighted by Gasteiger charge is 2.04. The molecule has 0 atom stereocenters. The van der Waals surface area contributed by atoms with E-state index in [1.807, 2.05) is 24.3 Å². The number of anilines is 1. The Morgan fingerprint density at radius 3 is 2.65 bits per heavy atom. The molecule has 17 heavy (non-hydrogen) atoms. The normalized spacial score (nSPS) is 10.2. The van der Waals surface area contributed by atoms with E-state index in [2.05, 4.69) is 0 Å². The summed E-state index contributed by atoms with van der Waals surface area (Å²) in [5.74, 6) is 0.773. The van der Waals surface area contributed by atoms with E-state index < -0.39 is 0 Å². The third-order valence-corrected chi connectivity index (χ3v) is 2.61. The summed E-state index contributed by atoms with van der Waals surface area (Å²) in [4.78, 5) is 11.5. The molecule has 4 heteroatoms. The van der Waals surface area contributed by atoms with Crippen molar-refractivity contribution in [2.75, 3.05) is 12.8 Å². The third-order valence-electron chi connectivity index (χ3n) is 2.61. The van der Waals surface area contributed by atoms with Gasteiger partial charge in [-0.15, -0.1) is 0 Å². The van der Waals surface area contributed by atoms with Gasteiger partial charge in [0.05, 0.1) is 12.8 Å². The van der Waals surface area contributed by atoms with Crippen molar-refractivity contribution in [2.24, 2.45) is 7.05 Å². The smallest absolute Gasteiger partial charge is 0.273 e. The van der Waals surface area contributed by atoms with Crippen molar-refractivity contribution in [3.8, 4) is 16.9 Å². The zero-order valence-electron chi connectivity index (χ0n) is 9.81. The Morgan fingerprint density at radius 1 is 1.24 bits per heavy atom. The lowest BCUT2D eigenvalue weighted by Crippen LogP contribution is -2.19. The highest BCUT2D eigenvalue weighted by Crippen LogP contribution is 2.23. The van der Waals surface area contributed by atoms with Crippen LogP contribution in [-0.4, -0.2) is 11.7 Å². The molecule has 2 aromatic rings. The van der Waals surface area contributed by atoms with Crippen LogP contribution in [0.15, 0.2) is 41.3 Å². The molecule has 88 valence electrons. The topological polar surface area (TPSA) is 57.2 Å². The summed E-state index contributed by atoms with van der Waals surface area (Å²) in [6.45, 7) is 0. The summed E-state index contributed by atoms with van der Waals surface area (Å²) in [6, 6.07) is 9.29. The number of aromatic nitrogens is 1. The Kier molecular flexibility index (Phi) is 2.87. The largest absolute Gasteiger partial charge is 0.497 e. The molecule has 0 aliphatic heterocycles. The van der Waals surface area contributed by atoms with Crippen LogP contribution in [0.2, 0.25) is 0 Å². The molecule has 1 aromatic heterocycles. The first kappa shape index (κ1) is 11.3. The molecule has 0 aliphatic carbocycles. The van der Waals surface area contributed by atoms with Crippen molar-refractivity contribution in [1.29, 1.82) is 0 Å². The van der Waals surface area contributed by atoms with Gasteiger partial charge in [0.25, 0.3) is 5.56 Å². The molecular weight excluding hydrogens is 216 g/mol. The average Bonchev–Trinajstić information content (AvgIpc) is 2.35. The van der Waals surface area contributed by atoms with Crippen molar-refractivity contribution in [1.82, 2.24) is 4.57 Å². The van der Waals surface area contributed by atoms with Gasteiger partial charge in [-0.3, -0.25) is 4.79 Å². The fourth-order valence-electron chi connectivity index (χ4n) is 1.70. The molecular formula is C13H14N2O2. The van der Waals surface area contributed by atoms with E-state index in [9.17, 15) is 4.79 Å². The second kappa shape index (κ2) is 4.33. The monoisotopic (exact) mass is 230 g/mol. The minimum Gasteiger partial charge on any atom is -0.497 e. The number of ether oxygens (including phenoxy) is 1. The molecule has 0 saturated heterocycles. The lowest BCUT2D eigenvalue weighted by molar-refractivity contribution is 0.415. The summed E-state index contributed by atoms with van der Waals surface area (Å²) < 4.78 is 6.64. The van der Waals surface area contributed by atoms with E-state index in [-0.39, 0.29) is 11.2 Å². The molecule has 0 spiro atoms. The minimum atomic E-state index is -0.184. The average molecular weight is 230 g/mol. The van der Waals surface area contributed by atoms with Crippen molar-refractivity contribution in [2.45, 2.75) is 0 Å². The first-order valence-corrected chi connectivity index (χ1v) is 5.22. The lowest BCUT2D eigenvalue weighted by Gasteiger charge is -2.07. The Morgan fingerprint density at radius 2 is 2.00 bits per heavy atom. The quantitative estimate of drug-likeness (QED) is 0.853. The van der Waals surface area contributed by atoms with Gasteiger partial charge < -0.3 is 15.0 Å². The molecule has 0 radical (unpaired) electrons.